The minimum atomic E-state index is -3.91. The van der Waals surface area contributed by atoms with Crippen molar-refractivity contribution in [2.75, 3.05) is 23.9 Å². The summed E-state index contributed by atoms with van der Waals surface area (Å²) in [5.74, 6) is 0.253. The van der Waals surface area contributed by atoms with E-state index in [0.29, 0.717) is 29.7 Å². The Morgan fingerprint density at radius 3 is 2.57 bits per heavy atom. The van der Waals surface area contributed by atoms with Crippen LogP contribution in [0.25, 0.3) is 0 Å². The van der Waals surface area contributed by atoms with Crippen LogP contribution in [0.2, 0.25) is 5.02 Å². The number of benzene rings is 2. The van der Waals surface area contributed by atoms with Crippen LogP contribution < -0.4 is 4.31 Å². The van der Waals surface area contributed by atoms with E-state index in [1.54, 1.807) is 23.1 Å². The summed E-state index contributed by atoms with van der Waals surface area (Å²) in [5, 5.41) is 0.458. The van der Waals surface area contributed by atoms with Gasteiger partial charge in [0.15, 0.2) is 0 Å². The van der Waals surface area contributed by atoms with E-state index in [1.807, 2.05) is 13.0 Å². The van der Waals surface area contributed by atoms with Gasteiger partial charge in [-0.15, -0.1) is 0 Å². The fourth-order valence-corrected chi connectivity index (χ4v) is 5.00. The summed E-state index contributed by atoms with van der Waals surface area (Å²) >= 11 is 5.91. The smallest absolute Gasteiger partial charge is 0.264 e. The first-order chi connectivity index (χ1) is 13.3. The summed E-state index contributed by atoms with van der Waals surface area (Å²) in [6.07, 6.45) is 2.04. The van der Waals surface area contributed by atoms with Crippen LogP contribution in [0.3, 0.4) is 0 Å². The van der Waals surface area contributed by atoms with E-state index in [2.05, 4.69) is 6.92 Å². The number of rotatable bonds is 5. The number of amides is 1. The van der Waals surface area contributed by atoms with E-state index in [1.165, 1.54) is 28.6 Å². The van der Waals surface area contributed by atoms with Crippen molar-refractivity contribution in [3.8, 4) is 0 Å². The first-order valence-corrected chi connectivity index (χ1v) is 11.2. The molecule has 2 aromatic carbocycles. The van der Waals surface area contributed by atoms with Gasteiger partial charge in [0.25, 0.3) is 10.0 Å². The molecule has 1 amide bonds. The van der Waals surface area contributed by atoms with E-state index >= 15 is 0 Å². The quantitative estimate of drug-likeness (QED) is 0.731. The molecule has 28 heavy (non-hydrogen) atoms. The van der Waals surface area contributed by atoms with Gasteiger partial charge in [0, 0.05) is 18.1 Å². The fourth-order valence-electron chi connectivity index (χ4n) is 3.47. The zero-order valence-corrected chi connectivity index (χ0v) is 17.7. The second kappa shape index (κ2) is 8.53. The number of carbonyl (C=O) groups excluding carboxylic acids is 1. The van der Waals surface area contributed by atoms with Crippen LogP contribution in [-0.2, 0) is 14.8 Å². The SMILES string of the molecule is Cc1cccc(N(CC(=O)N2CCC[C@@H](C)C2)S(=O)(=O)c2ccc(Cl)cc2)c1. The summed E-state index contributed by atoms with van der Waals surface area (Å²) < 4.78 is 27.9. The fraction of sp³-hybridized carbons (Fsp3) is 0.381. The number of piperidine rings is 1. The molecule has 1 heterocycles. The average Bonchev–Trinajstić information content (AvgIpc) is 2.66. The summed E-state index contributed by atoms with van der Waals surface area (Å²) in [4.78, 5) is 14.8. The lowest BCUT2D eigenvalue weighted by molar-refractivity contribution is -0.131. The molecule has 1 aliphatic rings. The highest BCUT2D eigenvalue weighted by Gasteiger charge is 2.30. The number of anilines is 1. The highest BCUT2D eigenvalue weighted by molar-refractivity contribution is 7.92. The summed E-state index contributed by atoms with van der Waals surface area (Å²) in [6, 6.07) is 13.2. The Hall–Kier alpha value is -2.05. The number of hydrogen-bond donors (Lipinski definition) is 0. The molecule has 0 radical (unpaired) electrons. The Balaban J connectivity index is 1.95. The number of carbonyl (C=O) groups is 1. The average molecular weight is 421 g/mol. The number of halogens is 1. The number of nitrogens with zero attached hydrogens (tertiary/aromatic N) is 2. The van der Waals surface area contributed by atoms with Crippen molar-refractivity contribution in [2.45, 2.75) is 31.6 Å². The number of sulfonamides is 1. The molecule has 150 valence electrons. The van der Waals surface area contributed by atoms with Gasteiger partial charge in [0.1, 0.15) is 6.54 Å². The third-order valence-corrected chi connectivity index (χ3v) is 7.02. The molecule has 7 heteroatoms. The first-order valence-electron chi connectivity index (χ1n) is 9.40. The summed E-state index contributed by atoms with van der Waals surface area (Å²) in [7, 11) is -3.91. The molecule has 3 rings (SSSR count). The normalized spacial score (nSPS) is 17.4. The third-order valence-electron chi connectivity index (χ3n) is 4.98. The molecule has 0 aromatic heterocycles. The Bertz CT molecular complexity index is 944. The Morgan fingerprint density at radius 1 is 1.21 bits per heavy atom. The van der Waals surface area contributed by atoms with E-state index < -0.39 is 10.0 Å². The molecular formula is C21H25ClN2O3S. The van der Waals surface area contributed by atoms with Crippen LogP contribution in [0.1, 0.15) is 25.3 Å². The molecule has 1 fully saturated rings. The molecule has 1 saturated heterocycles. The maximum absolute atomic E-state index is 13.4. The summed E-state index contributed by atoms with van der Waals surface area (Å²) in [5.41, 5.74) is 1.40. The van der Waals surface area contributed by atoms with Crippen LogP contribution in [-0.4, -0.2) is 38.9 Å². The Morgan fingerprint density at radius 2 is 1.93 bits per heavy atom. The molecule has 1 atom stereocenters. The highest BCUT2D eigenvalue weighted by atomic mass is 35.5. The van der Waals surface area contributed by atoms with E-state index in [-0.39, 0.29) is 17.3 Å². The van der Waals surface area contributed by atoms with Crippen LogP contribution >= 0.6 is 11.6 Å². The van der Waals surface area contributed by atoms with Crippen LogP contribution in [0.5, 0.6) is 0 Å². The number of hydrogen-bond acceptors (Lipinski definition) is 3. The van der Waals surface area contributed by atoms with Gasteiger partial charge >= 0.3 is 0 Å². The van der Waals surface area contributed by atoms with Gasteiger partial charge in [-0.25, -0.2) is 8.42 Å². The van der Waals surface area contributed by atoms with Crippen molar-refractivity contribution in [1.29, 1.82) is 0 Å². The van der Waals surface area contributed by atoms with E-state index in [9.17, 15) is 13.2 Å². The molecule has 0 spiro atoms. The molecule has 0 N–H and O–H groups in total. The zero-order chi connectivity index (χ0) is 20.3. The second-order valence-corrected chi connectivity index (χ2v) is 9.69. The second-order valence-electron chi connectivity index (χ2n) is 7.39. The predicted octanol–water partition coefficient (Wildman–Crippen LogP) is 4.10. The molecule has 5 nitrogen and oxygen atoms in total. The van der Waals surface area contributed by atoms with Crippen molar-refractivity contribution in [3.05, 3.63) is 59.1 Å². The van der Waals surface area contributed by atoms with E-state index in [4.69, 9.17) is 11.6 Å². The first kappa shape index (κ1) is 20.7. The number of aryl methyl sites for hydroxylation is 1. The lowest BCUT2D eigenvalue weighted by Crippen LogP contribution is -2.46. The minimum absolute atomic E-state index is 0.109. The molecule has 0 bridgehead atoms. The van der Waals surface area contributed by atoms with Crippen LogP contribution in [0.4, 0.5) is 5.69 Å². The molecule has 0 aliphatic carbocycles. The largest absolute Gasteiger partial charge is 0.341 e. The molecular weight excluding hydrogens is 396 g/mol. The van der Waals surface area contributed by atoms with Crippen molar-refractivity contribution >= 4 is 33.2 Å². The maximum atomic E-state index is 13.4. The van der Waals surface area contributed by atoms with Gasteiger partial charge < -0.3 is 4.90 Å². The van der Waals surface area contributed by atoms with E-state index in [0.717, 1.165) is 18.4 Å². The van der Waals surface area contributed by atoms with Gasteiger partial charge in [-0.1, -0.05) is 30.7 Å². The molecule has 1 aliphatic heterocycles. The molecule has 0 unspecified atom stereocenters. The monoisotopic (exact) mass is 420 g/mol. The predicted molar refractivity (Wildman–Crippen MR) is 112 cm³/mol. The minimum Gasteiger partial charge on any atom is -0.341 e. The molecule has 2 aromatic rings. The maximum Gasteiger partial charge on any atom is 0.264 e. The summed E-state index contributed by atoms with van der Waals surface area (Å²) in [6.45, 7) is 5.13. The third kappa shape index (κ3) is 4.67. The van der Waals surface area contributed by atoms with Gasteiger partial charge in [-0.05, 0) is 67.6 Å². The zero-order valence-electron chi connectivity index (χ0n) is 16.1. The highest BCUT2D eigenvalue weighted by Crippen LogP contribution is 2.26. The van der Waals surface area contributed by atoms with Gasteiger partial charge in [-0.2, -0.15) is 0 Å². The van der Waals surface area contributed by atoms with Crippen molar-refractivity contribution < 1.29 is 13.2 Å². The standard InChI is InChI=1S/C21H25ClN2O3S/c1-16-5-3-7-19(13-16)24(15-21(25)23-12-4-6-17(2)14-23)28(26,27)20-10-8-18(22)9-11-20/h3,5,7-11,13,17H,4,6,12,14-15H2,1-2H3/t17-/m1/s1. The van der Waals surface area contributed by atoms with Crippen molar-refractivity contribution in [3.63, 3.8) is 0 Å². The Labute approximate surface area is 172 Å². The lowest BCUT2D eigenvalue weighted by Gasteiger charge is -2.33. The van der Waals surface area contributed by atoms with Crippen molar-refractivity contribution in [2.24, 2.45) is 5.92 Å². The van der Waals surface area contributed by atoms with Crippen molar-refractivity contribution in [1.82, 2.24) is 4.90 Å². The number of likely N-dealkylation sites (tertiary alicyclic amines) is 1. The van der Waals surface area contributed by atoms with Crippen LogP contribution in [0.15, 0.2) is 53.4 Å². The van der Waals surface area contributed by atoms with Gasteiger partial charge in [-0.3, -0.25) is 9.10 Å². The molecule has 0 saturated carbocycles. The van der Waals surface area contributed by atoms with Gasteiger partial charge in [0.2, 0.25) is 5.91 Å². The topological polar surface area (TPSA) is 57.7 Å². The lowest BCUT2D eigenvalue weighted by atomic mass is 10.0. The Kier molecular flexibility index (Phi) is 6.30. The van der Waals surface area contributed by atoms with Gasteiger partial charge in [0.05, 0.1) is 10.6 Å². The van der Waals surface area contributed by atoms with Crippen LogP contribution in [0, 0.1) is 12.8 Å².